The van der Waals surface area contributed by atoms with E-state index in [1.807, 2.05) is 6.92 Å². The molecule has 1 heterocycles. The Hall–Kier alpha value is -1.49. The highest BCUT2D eigenvalue weighted by atomic mass is 19.1. The number of rotatable bonds is 3. The van der Waals surface area contributed by atoms with E-state index in [9.17, 15) is 18.7 Å². The van der Waals surface area contributed by atoms with Gasteiger partial charge in [-0.05, 0) is 49.3 Å². The Labute approximate surface area is 123 Å². The molecule has 5 heteroatoms. The first-order valence-corrected chi connectivity index (χ1v) is 7.28. The molecule has 0 unspecified atom stereocenters. The van der Waals surface area contributed by atoms with Gasteiger partial charge in [-0.1, -0.05) is 6.92 Å². The largest absolute Gasteiger partial charge is 0.396 e. The van der Waals surface area contributed by atoms with E-state index in [1.165, 1.54) is 11.8 Å². The first kappa shape index (κ1) is 15.9. The first-order chi connectivity index (χ1) is 9.92. The van der Waals surface area contributed by atoms with E-state index in [1.54, 1.807) is 0 Å². The summed E-state index contributed by atoms with van der Waals surface area (Å²) in [6, 6.07) is 2.03. The quantitative estimate of drug-likeness (QED) is 0.932. The lowest BCUT2D eigenvalue weighted by atomic mass is 9.77. The molecule has 21 heavy (non-hydrogen) atoms. The predicted octanol–water partition coefficient (Wildman–Crippen LogP) is 2.90. The minimum absolute atomic E-state index is 0.0963. The van der Waals surface area contributed by atoms with Crippen molar-refractivity contribution in [3.63, 3.8) is 0 Å². The molecule has 0 atom stereocenters. The van der Waals surface area contributed by atoms with E-state index >= 15 is 0 Å². The van der Waals surface area contributed by atoms with Crippen LogP contribution in [-0.2, 0) is 0 Å². The van der Waals surface area contributed by atoms with Crippen LogP contribution in [0, 0.1) is 24.0 Å². The molecule has 1 fully saturated rings. The van der Waals surface area contributed by atoms with Crippen LogP contribution < -0.4 is 0 Å². The summed E-state index contributed by atoms with van der Waals surface area (Å²) in [5.41, 5.74) is -0.174. The number of piperidine rings is 1. The predicted molar refractivity (Wildman–Crippen MR) is 76.0 cm³/mol. The second-order valence-corrected chi connectivity index (χ2v) is 5.89. The molecule has 1 aliphatic heterocycles. The molecule has 2 rings (SSSR count). The highest BCUT2D eigenvalue weighted by Crippen LogP contribution is 2.34. The fourth-order valence-electron chi connectivity index (χ4n) is 2.79. The molecule has 116 valence electrons. The molecule has 1 aromatic carbocycles. The SMILES string of the molecule is CCC1(CO)CCN(C(=O)c2cc(F)c(C)cc2F)CC1. The van der Waals surface area contributed by atoms with Crippen molar-refractivity contribution in [2.24, 2.45) is 5.41 Å². The van der Waals surface area contributed by atoms with Crippen LogP contribution in [0.4, 0.5) is 8.78 Å². The Bertz CT molecular complexity index is 531. The van der Waals surface area contributed by atoms with Crippen LogP contribution in [0.15, 0.2) is 12.1 Å². The van der Waals surface area contributed by atoms with Gasteiger partial charge in [-0.3, -0.25) is 4.79 Å². The van der Waals surface area contributed by atoms with Gasteiger partial charge in [0.05, 0.1) is 5.56 Å². The van der Waals surface area contributed by atoms with Gasteiger partial charge in [0.1, 0.15) is 11.6 Å². The minimum atomic E-state index is -0.687. The average Bonchev–Trinajstić information content (AvgIpc) is 2.50. The van der Waals surface area contributed by atoms with Crippen molar-refractivity contribution in [2.75, 3.05) is 19.7 Å². The number of carbonyl (C=O) groups is 1. The highest BCUT2D eigenvalue weighted by Gasteiger charge is 2.34. The standard InChI is InChI=1S/C16H21F2NO2/c1-3-16(10-20)4-6-19(7-5-16)15(21)12-9-13(17)11(2)8-14(12)18/h8-9,20H,3-7,10H2,1-2H3. The molecule has 0 bridgehead atoms. The van der Waals surface area contributed by atoms with Gasteiger partial charge in [-0.2, -0.15) is 0 Å². The topological polar surface area (TPSA) is 40.5 Å². The van der Waals surface area contributed by atoms with Crippen LogP contribution in [0.1, 0.15) is 42.1 Å². The molecular formula is C16H21F2NO2. The summed E-state index contributed by atoms with van der Waals surface area (Å²) in [6.45, 7) is 4.50. The number of amides is 1. The van der Waals surface area contributed by atoms with Crippen LogP contribution in [0.2, 0.25) is 0 Å². The number of halogens is 2. The van der Waals surface area contributed by atoms with Gasteiger partial charge in [-0.25, -0.2) is 8.78 Å². The normalized spacial score (nSPS) is 17.9. The zero-order valence-electron chi connectivity index (χ0n) is 12.5. The summed E-state index contributed by atoms with van der Waals surface area (Å²) in [5, 5.41) is 9.48. The maximum Gasteiger partial charge on any atom is 0.256 e. The number of carbonyl (C=O) groups excluding carboxylic acids is 1. The van der Waals surface area contributed by atoms with E-state index in [-0.39, 0.29) is 23.1 Å². The lowest BCUT2D eigenvalue weighted by molar-refractivity contribution is 0.0335. The Morgan fingerprint density at radius 3 is 2.43 bits per heavy atom. The molecule has 1 aliphatic rings. The minimum Gasteiger partial charge on any atom is -0.396 e. The number of aliphatic hydroxyl groups excluding tert-OH is 1. The monoisotopic (exact) mass is 297 g/mol. The van der Waals surface area contributed by atoms with Crippen LogP contribution in [0.25, 0.3) is 0 Å². The van der Waals surface area contributed by atoms with Crippen LogP contribution in [0.3, 0.4) is 0 Å². The summed E-state index contributed by atoms with van der Waals surface area (Å²) in [6.07, 6.45) is 2.21. The first-order valence-electron chi connectivity index (χ1n) is 7.28. The van der Waals surface area contributed by atoms with Crippen LogP contribution in [0.5, 0.6) is 0 Å². The van der Waals surface area contributed by atoms with Gasteiger partial charge in [-0.15, -0.1) is 0 Å². The number of nitrogens with zero attached hydrogens (tertiary/aromatic N) is 1. The summed E-state index contributed by atoms with van der Waals surface area (Å²) in [5.74, 6) is -1.74. The molecule has 1 saturated heterocycles. The van der Waals surface area contributed by atoms with E-state index in [4.69, 9.17) is 0 Å². The molecule has 0 aromatic heterocycles. The zero-order valence-corrected chi connectivity index (χ0v) is 12.5. The van der Waals surface area contributed by atoms with Crippen molar-refractivity contribution in [3.05, 3.63) is 34.9 Å². The van der Waals surface area contributed by atoms with Crippen molar-refractivity contribution >= 4 is 5.91 Å². The lowest BCUT2D eigenvalue weighted by Gasteiger charge is -2.40. The molecule has 1 amide bonds. The van der Waals surface area contributed by atoms with Crippen molar-refractivity contribution in [1.29, 1.82) is 0 Å². The van der Waals surface area contributed by atoms with E-state index in [2.05, 4.69) is 0 Å². The molecule has 3 nitrogen and oxygen atoms in total. The number of aliphatic hydroxyl groups is 1. The Morgan fingerprint density at radius 2 is 1.90 bits per heavy atom. The summed E-state index contributed by atoms with van der Waals surface area (Å²) in [4.78, 5) is 13.9. The van der Waals surface area contributed by atoms with Crippen molar-refractivity contribution in [3.8, 4) is 0 Å². The van der Waals surface area contributed by atoms with Crippen LogP contribution in [-0.4, -0.2) is 35.6 Å². The van der Waals surface area contributed by atoms with Crippen molar-refractivity contribution < 1.29 is 18.7 Å². The van der Waals surface area contributed by atoms with Crippen molar-refractivity contribution in [1.82, 2.24) is 4.90 Å². The summed E-state index contributed by atoms with van der Waals surface area (Å²) in [7, 11) is 0. The molecular weight excluding hydrogens is 276 g/mol. The van der Waals surface area contributed by atoms with Crippen molar-refractivity contribution in [2.45, 2.75) is 33.1 Å². The third-order valence-electron chi connectivity index (χ3n) is 4.68. The average molecular weight is 297 g/mol. The Balaban J connectivity index is 2.14. The van der Waals surface area contributed by atoms with Crippen LogP contribution >= 0.6 is 0 Å². The summed E-state index contributed by atoms with van der Waals surface area (Å²) < 4.78 is 27.4. The van der Waals surface area contributed by atoms with Gasteiger partial charge >= 0.3 is 0 Å². The van der Waals surface area contributed by atoms with E-state index in [0.717, 1.165) is 18.6 Å². The number of aryl methyl sites for hydroxylation is 1. The molecule has 1 N–H and O–H groups in total. The second-order valence-electron chi connectivity index (χ2n) is 5.89. The molecule has 1 aromatic rings. The summed E-state index contributed by atoms with van der Waals surface area (Å²) >= 11 is 0. The molecule has 0 saturated carbocycles. The highest BCUT2D eigenvalue weighted by molar-refractivity contribution is 5.94. The molecule has 0 radical (unpaired) electrons. The third kappa shape index (κ3) is 3.07. The van der Waals surface area contributed by atoms with Gasteiger partial charge < -0.3 is 10.0 Å². The second kappa shape index (κ2) is 6.10. The Kier molecular flexibility index (Phi) is 4.61. The zero-order chi connectivity index (χ0) is 15.6. The fourth-order valence-corrected chi connectivity index (χ4v) is 2.79. The number of likely N-dealkylation sites (tertiary alicyclic amines) is 1. The van der Waals surface area contributed by atoms with Gasteiger partial charge in [0.15, 0.2) is 0 Å². The van der Waals surface area contributed by atoms with Gasteiger partial charge in [0, 0.05) is 19.7 Å². The van der Waals surface area contributed by atoms with Gasteiger partial charge in [0.2, 0.25) is 0 Å². The lowest BCUT2D eigenvalue weighted by Crippen LogP contribution is -2.44. The van der Waals surface area contributed by atoms with E-state index in [0.29, 0.717) is 25.9 Å². The molecule has 0 spiro atoms. The number of benzene rings is 1. The fraction of sp³-hybridized carbons (Fsp3) is 0.562. The molecule has 0 aliphatic carbocycles. The van der Waals surface area contributed by atoms with Gasteiger partial charge in [0.25, 0.3) is 5.91 Å². The maximum atomic E-state index is 13.9. The maximum absolute atomic E-state index is 13.9. The smallest absolute Gasteiger partial charge is 0.256 e. The van der Waals surface area contributed by atoms with E-state index < -0.39 is 17.5 Å². The number of hydrogen-bond acceptors (Lipinski definition) is 2. The Morgan fingerprint density at radius 1 is 1.29 bits per heavy atom. The third-order valence-corrected chi connectivity index (χ3v) is 4.68. The number of hydrogen-bond donors (Lipinski definition) is 1.